The lowest BCUT2D eigenvalue weighted by atomic mass is 10.0. The SMILES string of the molecule is Clc1csc(N2CCC(N3CCCCC3)CC2)n1. The van der Waals surface area contributed by atoms with Crippen molar-refractivity contribution in [2.24, 2.45) is 0 Å². The average Bonchev–Trinajstić information content (AvgIpc) is 2.87. The van der Waals surface area contributed by atoms with Crippen molar-refractivity contribution in [1.82, 2.24) is 9.88 Å². The highest BCUT2D eigenvalue weighted by Crippen LogP contribution is 2.28. The minimum atomic E-state index is 0.633. The third-order valence-electron chi connectivity index (χ3n) is 4.11. The number of hydrogen-bond acceptors (Lipinski definition) is 4. The van der Waals surface area contributed by atoms with Crippen molar-refractivity contribution in [2.75, 3.05) is 31.1 Å². The molecule has 2 aliphatic rings. The summed E-state index contributed by atoms with van der Waals surface area (Å²) >= 11 is 7.56. The first-order valence-corrected chi connectivity index (χ1v) is 8.19. The van der Waals surface area contributed by atoms with Crippen molar-refractivity contribution in [2.45, 2.75) is 38.1 Å². The lowest BCUT2D eigenvalue weighted by Gasteiger charge is -2.40. The molecule has 0 radical (unpaired) electrons. The summed E-state index contributed by atoms with van der Waals surface area (Å²) in [6.45, 7) is 4.89. The summed E-state index contributed by atoms with van der Waals surface area (Å²) in [5.41, 5.74) is 0. The summed E-state index contributed by atoms with van der Waals surface area (Å²) in [6, 6.07) is 0.803. The van der Waals surface area contributed by atoms with E-state index in [1.165, 1.54) is 45.2 Å². The maximum atomic E-state index is 5.89. The number of piperidine rings is 2. The van der Waals surface area contributed by atoms with E-state index in [4.69, 9.17) is 11.6 Å². The number of thiazole rings is 1. The molecule has 0 N–H and O–H groups in total. The Morgan fingerprint density at radius 2 is 1.83 bits per heavy atom. The Bertz CT molecular complexity index is 381. The summed E-state index contributed by atoms with van der Waals surface area (Å²) in [6.07, 6.45) is 6.76. The topological polar surface area (TPSA) is 19.4 Å². The minimum Gasteiger partial charge on any atom is -0.348 e. The van der Waals surface area contributed by atoms with Gasteiger partial charge in [0.2, 0.25) is 0 Å². The van der Waals surface area contributed by atoms with Crippen molar-refractivity contribution in [1.29, 1.82) is 0 Å². The number of nitrogens with zero attached hydrogens (tertiary/aromatic N) is 3. The molecule has 1 aromatic heterocycles. The van der Waals surface area contributed by atoms with Gasteiger partial charge in [0, 0.05) is 24.5 Å². The fraction of sp³-hybridized carbons (Fsp3) is 0.769. The number of halogens is 1. The molecular formula is C13H20ClN3S. The van der Waals surface area contributed by atoms with Crippen LogP contribution in [-0.2, 0) is 0 Å². The van der Waals surface area contributed by atoms with Crippen LogP contribution in [0.1, 0.15) is 32.1 Å². The van der Waals surface area contributed by atoms with Gasteiger partial charge in [-0.05, 0) is 38.8 Å². The first-order chi connectivity index (χ1) is 8.83. The first kappa shape index (κ1) is 12.7. The average molecular weight is 286 g/mol. The Hall–Kier alpha value is -0.320. The summed E-state index contributed by atoms with van der Waals surface area (Å²) in [7, 11) is 0. The Balaban J connectivity index is 1.54. The highest BCUT2D eigenvalue weighted by molar-refractivity contribution is 7.14. The fourth-order valence-corrected chi connectivity index (χ4v) is 4.10. The molecule has 3 rings (SSSR count). The quantitative estimate of drug-likeness (QED) is 0.831. The van der Waals surface area contributed by atoms with Gasteiger partial charge < -0.3 is 9.80 Å². The van der Waals surface area contributed by atoms with E-state index in [1.54, 1.807) is 11.3 Å². The molecule has 18 heavy (non-hydrogen) atoms. The van der Waals surface area contributed by atoms with E-state index in [0.717, 1.165) is 24.3 Å². The Morgan fingerprint density at radius 1 is 1.11 bits per heavy atom. The van der Waals surface area contributed by atoms with Crippen molar-refractivity contribution < 1.29 is 0 Å². The van der Waals surface area contributed by atoms with Gasteiger partial charge >= 0.3 is 0 Å². The van der Waals surface area contributed by atoms with Gasteiger partial charge in [-0.3, -0.25) is 0 Å². The molecule has 2 saturated heterocycles. The van der Waals surface area contributed by atoms with Gasteiger partial charge in [0.1, 0.15) is 5.15 Å². The molecule has 0 amide bonds. The molecule has 0 spiro atoms. The summed E-state index contributed by atoms with van der Waals surface area (Å²) in [5, 5.41) is 3.65. The maximum absolute atomic E-state index is 5.89. The highest BCUT2D eigenvalue weighted by Gasteiger charge is 2.26. The van der Waals surface area contributed by atoms with Gasteiger partial charge in [0.15, 0.2) is 5.13 Å². The van der Waals surface area contributed by atoms with Crippen LogP contribution in [0, 0.1) is 0 Å². The van der Waals surface area contributed by atoms with Gasteiger partial charge in [0.05, 0.1) is 0 Å². The van der Waals surface area contributed by atoms with E-state index >= 15 is 0 Å². The third-order valence-corrected chi connectivity index (χ3v) is 5.33. The van der Waals surface area contributed by atoms with Crippen molar-refractivity contribution in [3.8, 4) is 0 Å². The molecular weight excluding hydrogens is 266 g/mol. The Kier molecular flexibility index (Phi) is 4.07. The summed E-state index contributed by atoms with van der Waals surface area (Å²) < 4.78 is 0. The molecule has 0 atom stereocenters. The van der Waals surface area contributed by atoms with Crippen molar-refractivity contribution in [3.05, 3.63) is 10.5 Å². The summed E-state index contributed by atoms with van der Waals surface area (Å²) in [5.74, 6) is 0. The second-order valence-corrected chi connectivity index (χ2v) is 6.49. The monoisotopic (exact) mass is 285 g/mol. The van der Waals surface area contributed by atoms with Crippen molar-refractivity contribution >= 4 is 28.1 Å². The van der Waals surface area contributed by atoms with Crippen LogP contribution in [0.2, 0.25) is 5.15 Å². The Labute approximate surface area is 118 Å². The van der Waals surface area contributed by atoms with Gasteiger partial charge in [0.25, 0.3) is 0 Å². The number of aromatic nitrogens is 1. The van der Waals surface area contributed by atoms with Crippen LogP contribution < -0.4 is 4.90 Å². The second-order valence-electron chi connectivity index (χ2n) is 5.27. The standard InChI is InChI=1S/C13H20ClN3S/c14-12-10-18-13(15-12)17-8-4-11(5-9-17)16-6-2-1-3-7-16/h10-11H,1-9H2. The molecule has 1 aromatic rings. The molecule has 0 aromatic carbocycles. The Morgan fingerprint density at radius 3 is 2.44 bits per heavy atom. The van der Waals surface area contributed by atoms with Gasteiger partial charge in [-0.2, -0.15) is 0 Å². The van der Waals surface area contributed by atoms with E-state index in [9.17, 15) is 0 Å². The lowest BCUT2D eigenvalue weighted by molar-refractivity contribution is 0.141. The maximum Gasteiger partial charge on any atom is 0.186 e. The zero-order valence-corrected chi connectivity index (χ0v) is 12.2. The van der Waals surface area contributed by atoms with E-state index in [-0.39, 0.29) is 0 Å². The van der Waals surface area contributed by atoms with Crippen LogP contribution >= 0.6 is 22.9 Å². The third kappa shape index (κ3) is 2.81. The van der Waals surface area contributed by atoms with Crippen LogP contribution in [0.3, 0.4) is 0 Å². The largest absolute Gasteiger partial charge is 0.348 e. The number of likely N-dealkylation sites (tertiary alicyclic amines) is 1. The van der Waals surface area contributed by atoms with E-state index in [0.29, 0.717) is 5.15 Å². The van der Waals surface area contributed by atoms with Gasteiger partial charge in [-0.25, -0.2) is 4.98 Å². The van der Waals surface area contributed by atoms with Crippen LogP contribution in [0.25, 0.3) is 0 Å². The molecule has 2 aliphatic heterocycles. The molecule has 2 fully saturated rings. The molecule has 100 valence electrons. The number of hydrogen-bond donors (Lipinski definition) is 0. The first-order valence-electron chi connectivity index (χ1n) is 6.93. The smallest absolute Gasteiger partial charge is 0.186 e. The van der Waals surface area contributed by atoms with E-state index in [1.807, 2.05) is 5.38 Å². The van der Waals surface area contributed by atoms with E-state index in [2.05, 4.69) is 14.8 Å². The predicted molar refractivity (Wildman–Crippen MR) is 77.8 cm³/mol. The van der Waals surface area contributed by atoms with Crippen molar-refractivity contribution in [3.63, 3.8) is 0 Å². The number of rotatable bonds is 2. The predicted octanol–water partition coefficient (Wildman–Crippen LogP) is 3.25. The molecule has 0 aliphatic carbocycles. The fourth-order valence-electron chi connectivity index (χ4n) is 3.10. The minimum absolute atomic E-state index is 0.633. The zero-order valence-electron chi connectivity index (χ0n) is 10.6. The second kappa shape index (κ2) is 5.76. The molecule has 0 unspecified atom stereocenters. The molecule has 3 nitrogen and oxygen atoms in total. The molecule has 0 saturated carbocycles. The number of anilines is 1. The molecule has 0 bridgehead atoms. The summed E-state index contributed by atoms with van der Waals surface area (Å²) in [4.78, 5) is 9.46. The van der Waals surface area contributed by atoms with E-state index < -0.39 is 0 Å². The normalized spacial score (nSPS) is 23.5. The van der Waals surface area contributed by atoms with Crippen LogP contribution in [0.4, 0.5) is 5.13 Å². The van der Waals surface area contributed by atoms with Crippen LogP contribution in [0.15, 0.2) is 5.38 Å². The van der Waals surface area contributed by atoms with Crippen LogP contribution in [-0.4, -0.2) is 42.1 Å². The van der Waals surface area contributed by atoms with Gasteiger partial charge in [-0.15, -0.1) is 11.3 Å². The van der Waals surface area contributed by atoms with Crippen LogP contribution in [0.5, 0.6) is 0 Å². The highest BCUT2D eigenvalue weighted by atomic mass is 35.5. The van der Waals surface area contributed by atoms with Gasteiger partial charge in [-0.1, -0.05) is 18.0 Å². The zero-order chi connectivity index (χ0) is 12.4. The lowest BCUT2D eigenvalue weighted by Crippen LogP contribution is -2.46. The molecule has 3 heterocycles. The molecule has 5 heteroatoms.